The van der Waals surface area contributed by atoms with Gasteiger partial charge in [-0.3, -0.25) is 4.79 Å². The van der Waals surface area contributed by atoms with Crippen LogP contribution in [0, 0.1) is 17.2 Å². The minimum absolute atomic E-state index is 0.0627. The molecule has 0 N–H and O–H groups in total. The second-order valence-corrected chi connectivity index (χ2v) is 5.51. The molecule has 0 fully saturated rings. The van der Waals surface area contributed by atoms with Crippen LogP contribution >= 0.6 is 0 Å². The maximum atomic E-state index is 12.6. The third-order valence-corrected chi connectivity index (χ3v) is 4.47. The summed E-state index contributed by atoms with van der Waals surface area (Å²) in [5.74, 6) is -0.185. The molecular formula is C16H16N2O. The standard InChI is InChI=1S/C16H16N2O/c1-11-7-8-16(10-17)12-5-3-4-6-14(12)18(2)15(19)13(16)9-11/h3-7,13H,8-9H2,1-2H3/t13-,16-/m1/s1. The normalized spacial score (nSPS) is 29.1. The number of nitrogens with zero attached hydrogens (tertiary/aromatic N) is 2. The van der Waals surface area contributed by atoms with Gasteiger partial charge in [0.25, 0.3) is 0 Å². The number of amides is 1. The van der Waals surface area contributed by atoms with Crippen LogP contribution in [-0.4, -0.2) is 13.0 Å². The summed E-state index contributed by atoms with van der Waals surface area (Å²) in [5.41, 5.74) is 2.39. The number of carbonyl (C=O) groups excluding carboxylic acids is 1. The van der Waals surface area contributed by atoms with Crippen molar-refractivity contribution in [3.63, 3.8) is 0 Å². The van der Waals surface area contributed by atoms with E-state index < -0.39 is 5.41 Å². The fraction of sp³-hybridized carbons (Fsp3) is 0.375. The molecule has 1 amide bonds. The highest BCUT2D eigenvalue weighted by Gasteiger charge is 2.51. The smallest absolute Gasteiger partial charge is 0.232 e. The molecule has 0 aromatic heterocycles. The quantitative estimate of drug-likeness (QED) is 0.666. The molecule has 2 aliphatic rings. The molecule has 0 spiro atoms. The van der Waals surface area contributed by atoms with Crippen LogP contribution in [0.3, 0.4) is 0 Å². The zero-order valence-electron chi connectivity index (χ0n) is 11.2. The van der Waals surface area contributed by atoms with Gasteiger partial charge < -0.3 is 4.90 Å². The summed E-state index contributed by atoms with van der Waals surface area (Å²) in [6.07, 6.45) is 3.43. The van der Waals surface area contributed by atoms with Crippen molar-refractivity contribution < 1.29 is 4.79 Å². The number of hydrogen-bond donors (Lipinski definition) is 0. The summed E-state index contributed by atoms with van der Waals surface area (Å²) >= 11 is 0. The minimum Gasteiger partial charge on any atom is -0.315 e. The van der Waals surface area contributed by atoms with Gasteiger partial charge in [-0.15, -0.1) is 0 Å². The molecule has 0 unspecified atom stereocenters. The van der Waals surface area contributed by atoms with Crippen molar-refractivity contribution in [2.45, 2.75) is 25.2 Å². The molecule has 3 rings (SSSR count). The van der Waals surface area contributed by atoms with Crippen molar-refractivity contribution in [1.29, 1.82) is 5.26 Å². The molecule has 0 bridgehead atoms. The van der Waals surface area contributed by atoms with Gasteiger partial charge in [0.1, 0.15) is 0 Å². The van der Waals surface area contributed by atoms with E-state index in [0.29, 0.717) is 12.8 Å². The third kappa shape index (κ3) is 1.46. The molecule has 1 aliphatic carbocycles. The number of carbonyl (C=O) groups is 1. The SMILES string of the molecule is CC1=CC[C@@]2(C#N)c3ccccc3N(C)C(=O)[C@H]2C1. The predicted octanol–water partition coefficient (Wildman–Crippen LogP) is 2.78. The Morgan fingerprint density at radius 1 is 1.42 bits per heavy atom. The van der Waals surface area contributed by atoms with Crippen molar-refractivity contribution in [2.75, 3.05) is 11.9 Å². The number of nitriles is 1. The Hall–Kier alpha value is -2.08. The van der Waals surface area contributed by atoms with Crippen LogP contribution in [0.25, 0.3) is 0 Å². The first-order chi connectivity index (χ1) is 9.10. The van der Waals surface area contributed by atoms with Crippen molar-refractivity contribution in [2.24, 2.45) is 5.92 Å². The number of para-hydroxylation sites is 1. The summed E-state index contributed by atoms with van der Waals surface area (Å²) in [7, 11) is 1.80. The fourth-order valence-corrected chi connectivity index (χ4v) is 3.33. The van der Waals surface area contributed by atoms with Gasteiger partial charge in [-0.25, -0.2) is 0 Å². The first-order valence-electron chi connectivity index (χ1n) is 6.54. The van der Waals surface area contributed by atoms with Crippen LogP contribution in [0.4, 0.5) is 5.69 Å². The van der Waals surface area contributed by atoms with Gasteiger partial charge in [-0.05, 0) is 31.4 Å². The zero-order valence-corrected chi connectivity index (χ0v) is 11.2. The molecule has 1 aromatic rings. The minimum atomic E-state index is -0.681. The molecule has 19 heavy (non-hydrogen) atoms. The Balaban J connectivity index is 2.28. The molecule has 1 aliphatic heterocycles. The van der Waals surface area contributed by atoms with E-state index in [1.807, 2.05) is 31.2 Å². The van der Waals surface area contributed by atoms with Crippen LogP contribution < -0.4 is 4.90 Å². The zero-order chi connectivity index (χ0) is 13.6. The van der Waals surface area contributed by atoms with E-state index in [4.69, 9.17) is 0 Å². The van der Waals surface area contributed by atoms with E-state index in [1.54, 1.807) is 11.9 Å². The number of fused-ring (bicyclic) bond motifs is 3. The van der Waals surface area contributed by atoms with Gasteiger partial charge in [-0.1, -0.05) is 29.8 Å². The summed E-state index contributed by atoms with van der Waals surface area (Å²) in [4.78, 5) is 14.3. The van der Waals surface area contributed by atoms with Crippen LogP contribution in [-0.2, 0) is 10.2 Å². The van der Waals surface area contributed by atoms with Gasteiger partial charge in [-0.2, -0.15) is 5.26 Å². The van der Waals surface area contributed by atoms with Crippen LogP contribution in [0.15, 0.2) is 35.9 Å². The second kappa shape index (κ2) is 3.96. The van der Waals surface area contributed by atoms with E-state index in [9.17, 15) is 10.1 Å². The van der Waals surface area contributed by atoms with Gasteiger partial charge in [0.2, 0.25) is 5.91 Å². The number of anilines is 1. The van der Waals surface area contributed by atoms with E-state index in [0.717, 1.165) is 11.3 Å². The van der Waals surface area contributed by atoms with Gasteiger partial charge in [0, 0.05) is 12.7 Å². The Kier molecular flexibility index (Phi) is 2.50. The lowest BCUT2D eigenvalue weighted by Crippen LogP contribution is -2.51. The highest BCUT2D eigenvalue weighted by atomic mass is 16.2. The molecule has 1 heterocycles. The van der Waals surface area contributed by atoms with Crippen LogP contribution in [0.2, 0.25) is 0 Å². The maximum Gasteiger partial charge on any atom is 0.232 e. The van der Waals surface area contributed by atoms with E-state index >= 15 is 0 Å². The van der Waals surface area contributed by atoms with Crippen LogP contribution in [0.1, 0.15) is 25.3 Å². The average Bonchev–Trinajstić information content (AvgIpc) is 2.45. The Bertz CT molecular complexity index is 626. The van der Waals surface area contributed by atoms with Gasteiger partial charge in [0.05, 0.1) is 17.4 Å². The molecule has 3 heteroatoms. The Morgan fingerprint density at radius 3 is 2.89 bits per heavy atom. The number of hydrogen-bond acceptors (Lipinski definition) is 2. The van der Waals surface area contributed by atoms with E-state index in [-0.39, 0.29) is 11.8 Å². The van der Waals surface area contributed by atoms with Crippen molar-refractivity contribution >= 4 is 11.6 Å². The highest BCUT2D eigenvalue weighted by Crippen LogP contribution is 2.50. The topological polar surface area (TPSA) is 44.1 Å². The van der Waals surface area contributed by atoms with Crippen molar-refractivity contribution in [3.05, 3.63) is 41.5 Å². The lowest BCUT2D eigenvalue weighted by Gasteiger charge is -2.45. The molecule has 0 radical (unpaired) electrons. The number of benzene rings is 1. The van der Waals surface area contributed by atoms with Crippen LogP contribution in [0.5, 0.6) is 0 Å². The van der Waals surface area contributed by atoms with Gasteiger partial charge in [0.15, 0.2) is 0 Å². The van der Waals surface area contributed by atoms with Gasteiger partial charge >= 0.3 is 0 Å². The van der Waals surface area contributed by atoms with Crippen molar-refractivity contribution in [3.8, 4) is 6.07 Å². The molecule has 96 valence electrons. The lowest BCUT2D eigenvalue weighted by atomic mass is 9.61. The average molecular weight is 252 g/mol. The summed E-state index contributed by atoms with van der Waals surface area (Å²) < 4.78 is 0. The maximum absolute atomic E-state index is 12.6. The van der Waals surface area contributed by atoms with E-state index in [1.165, 1.54) is 5.57 Å². The monoisotopic (exact) mass is 252 g/mol. The molecule has 2 atom stereocenters. The lowest BCUT2D eigenvalue weighted by molar-refractivity contribution is -0.124. The number of allylic oxidation sites excluding steroid dienone is 2. The first-order valence-corrected chi connectivity index (χ1v) is 6.54. The third-order valence-electron chi connectivity index (χ3n) is 4.47. The largest absolute Gasteiger partial charge is 0.315 e. The van der Waals surface area contributed by atoms with Crippen molar-refractivity contribution in [1.82, 2.24) is 0 Å². The molecule has 1 aromatic carbocycles. The molecular weight excluding hydrogens is 236 g/mol. The summed E-state index contributed by atoms with van der Waals surface area (Å²) in [6.45, 7) is 2.04. The Labute approximate surface area is 113 Å². The Morgan fingerprint density at radius 2 is 2.16 bits per heavy atom. The molecule has 0 saturated heterocycles. The summed E-state index contributed by atoms with van der Waals surface area (Å²) in [6, 6.07) is 10.2. The fourth-order valence-electron chi connectivity index (χ4n) is 3.33. The highest BCUT2D eigenvalue weighted by molar-refractivity contribution is 6.00. The molecule has 3 nitrogen and oxygen atoms in total. The second-order valence-electron chi connectivity index (χ2n) is 5.51. The predicted molar refractivity (Wildman–Crippen MR) is 73.6 cm³/mol. The molecule has 0 saturated carbocycles. The van der Waals surface area contributed by atoms with E-state index in [2.05, 4.69) is 12.1 Å². The first kappa shape index (κ1) is 12.0. The number of rotatable bonds is 0. The summed E-state index contributed by atoms with van der Waals surface area (Å²) in [5, 5.41) is 9.76.